The van der Waals surface area contributed by atoms with Crippen molar-refractivity contribution in [3.05, 3.63) is 47.8 Å². The number of rotatable bonds is 3. The number of aromatic nitrogens is 2. The van der Waals surface area contributed by atoms with E-state index in [1.54, 1.807) is 50.6 Å². The molecule has 2 rings (SSSR count). The molecule has 0 unspecified atom stereocenters. The van der Waals surface area contributed by atoms with Crippen molar-refractivity contribution in [3.8, 4) is 0 Å². The first-order valence-electron chi connectivity index (χ1n) is 5.99. The summed E-state index contributed by atoms with van der Waals surface area (Å²) in [6.45, 7) is 0. The highest BCUT2D eigenvalue weighted by atomic mass is 16.5. The third-order valence-corrected chi connectivity index (χ3v) is 3.02. The van der Waals surface area contributed by atoms with Gasteiger partial charge in [0.2, 0.25) is 0 Å². The molecule has 0 spiro atoms. The summed E-state index contributed by atoms with van der Waals surface area (Å²) >= 11 is 0. The lowest BCUT2D eigenvalue weighted by atomic mass is 10.1. The lowest BCUT2D eigenvalue weighted by Crippen LogP contribution is -2.29. The predicted molar refractivity (Wildman–Crippen MR) is 73.7 cm³/mol. The van der Waals surface area contributed by atoms with Crippen LogP contribution in [0.2, 0.25) is 0 Å². The first-order valence-corrected chi connectivity index (χ1v) is 5.99. The Bertz CT molecular complexity index is 649. The number of aryl methyl sites for hydroxylation is 1. The molecule has 1 aromatic carbocycles. The molecule has 20 heavy (non-hydrogen) atoms. The van der Waals surface area contributed by atoms with Crippen LogP contribution in [0.1, 0.15) is 20.8 Å². The highest BCUT2D eigenvalue weighted by Gasteiger charge is 2.21. The summed E-state index contributed by atoms with van der Waals surface area (Å²) in [4.78, 5) is 25.5. The van der Waals surface area contributed by atoms with Crippen LogP contribution in [0.25, 0.3) is 0 Å². The monoisotopic (exact) mass is 273 g/mol. The minimum absolute atomic E-state index is 0.249. The Balaban J connectivity index is 2.39. The number of benzene rings is 1. The number of anilines is 1. The van der Waals surface area contributed by atoms with Crippen LogP contribution in [0.15, 0.2) is 36.5 Å². The molecule has 104 valence electrons. The second-order valence-electron chi connectivity index (χ2n) is 4.21. The van der Waals surface area contributed by atoms with Crippen LogP contribution < -0.4 is 4.90 Å². The number of ether oxygens (including phenoxy) is 1. The number of methoxy groups -OCH3 is 1. The Labute approximate surface area is 116 Å². The summed E-state index contributed by atoms with van der Waals surface area (Å²) in [7, 11) is 4.60. The van der Waals surface area contributed by atoms with Gasteiger partial charge in [0, 0.05) is 20.3 Å². The molecular weight excluding hydrogens is 258 g/mol. The number of carbonyl (C=O) groups excluding carboxylic acids is 2. The average Bonchev–Trinajstić information content (AvgIpc) is 2.91. The van der Waals surface area contributed by atoms with Crippen molar-refractivity contribution in [2.45, 2.75) is 0 Å². The predicted octanol–water partition coefficient (Wildman–Crippen LogP) is 1.48. The molecule has 0 bridgehead atoms. The van der Waals surface area contributed by atoms with Gasteiger partial charge in [-0.2, -0.15) is 5.10 Å². The quantitative estimate of drug-likeness (QED) is 0.795. The first kappa shape index (κ1) is 13.8. The third kappa shape index (κ3) is 2.40. The number of para-hydroxylation sites is 1. The summed E-state index contributed by atoms with van der Waals surface area (Å²) < 4.78 is 6.21. The molecule has 0 N–H and O–H groups in total. The largest absolute Gasteiger partial charge is 0.465 e. The molecule has 0 aliphatic carbocycles. The summed E-state index contributed by atoms with van der Waals surface area (Å²) in [5, 5.41) is 3.97. The fourth-order valence-corrected chi connectivity index (χ4v) is 1.91. The topological polar surface area (TPSA) is 64.4 Å². The first-order chi connectivity index (χ1) is 9.56. The van der Waals surface area contributed by atoms with Gasteiger partial charge in [0.15, 0.2) is 0 Å². The Morgan fingerprint density at radius 1 is 1.25 bits per heavy atom. The molecule has 1 heterocycles. The zero-order chi connectivity index (χ0) is 14.7. The van der Waals surface area contributed by atoms with Crippen LogP contribution in [-0.2, 0) is 11.8 Å². The molecule has 0 atom stereocenters. The molecule has 0 aliphatic heterocycles. The van der Waals surface area contributed by atoms with Gasteiger partial charge in [-0.05, 0) is 18.2 Å². The van der Waals surface area contributed by atoms with E-state index in [1.165, 1.54) is 16.7 Å². The maximum Gasteiger partial charge on any atom is 0.339 e. The number of hydrogen-bond donors (Lipinski definition) is 0. The van der Waals surface area contributed by atoms with Crippen molar-refractivity contribution in [2.24, 2.45) is 7.05 Å². The van der Waals surface area contributed by atoms with Crippen LogP contribution in [0, 0.1) is 0 Å². The van der Waals surface area contributed by atoms with Gasteiger partial charge in [-0.3, -0.25) is 9.48 Å². The van der Waals surface area contributed by atoms with E-state index >= 15 is 0 Å². The lowest BCUT2D eigenvalue weighted by molar-refractivity contribution is 0.0601. The molecule has 2 aromatic rings. The number of amides is 1. The second kappa shape index (κ2) is 5.56. The van der Waals surface area contributed by atoms with Crippen LogP contribution >= 0.6 is 0 Å². The van der Waals surface area contributed by atoms with Crippen LogP contribution in [0.5, 0.6) is 0 Å². The Morgan fingerprint density at radius 3 is 2.55 bits per heavy atom. The van der Waals surface area contributed by atoms with Crippen molar-refractivity contribution < 1.29 is 14.3 Å². The van der Waals surface area contributed by atoms with Crippen LogP contribution in [0.4, 0.5) is 5.69 Å². The molecule has 0 saturated heterocycles. The Hall–Kier alpha value is -2.63. The average molecular weight is 273 g/mol. The summed E-state index contributed by atoms with van der Waals surface area (Å²) in [5.74, 6) is -0.730. The minimum Gasteiger partial charge on any atom is -0.465 e. The number of hydrogen-bond acceptors (Lipinski definition) is 4. The molecule has 0 fully saturated rings. The lowest BCUT2D eigenvalue weighted by Gasteiger charge is -2.19. The number of carbonyl (C=O) groups is 2. The van der Waals surface area contributed by atoms with Gasteiger partial charge in [0.05, 0.1) is 18.4 Å². The van der Waals surface area contributed by atoms with E-state index < -0.39 is 5.97 Å². The van der Waals surface area contributed by atoms with E-state index in [4.69, 9.17) is 4.74 Å². The normalized spacial score (nSPS) is 10.2. The third-order valence-electron chi connectivity index (χ3n) is 3.02. The van der Waals surface area contributed by atoms with E-state index in [9.17, 15) is 9.59 Å². The van der Waals surface area contributed by atoms with Gasteiger partial charge >= 0.3 is 5.97 Å². The van der Waals surface area contributed by atoms with Crippen molar-refractivity contribution >= 4 is 17.6 Å². The molecule has 6 heteroatoms. The zero-order valence-corrected chi connectivity index (χ0v) is 11.5. The molecule has 0 aliphatic rings. The fourth-order valence-electron chi connectivity index (χ4n) is 1.91. The van der Waals surface area contributed by atoms with Gasteiger partial charge in [-0.25, -0.2) is 4.79 Å². The molecular formula is C14H15N3O3. The van der Waals surface area contributed by atoms with Crippen LogP contribution in [-0.4, -0.2) is 35.8 Å². The van der Waals surface area contributed by atoms with Gasteiger partial charge in [0.1, 0.15) is 5.69 Å². The molecule has 0 radical (unpaired) electrons. The zero-order valence-electron chi connectivity index (χ0n) is 11.5. The van der Waals surface area contributed by atoms with Gasteiger partial charge in [-0.15, -0.1) is 0 Å². The van der Waals surface area contributed by atoms with Crippen LogP contribution in [0.3, 0.4) is 0 Å². The summed E-state index contributed by atoms with van der Waals surface area (Å²) in [6, 6.07) is 8.42. The Morgan fingerprint density at radius 2 is 1.95 bits per heavy atom. The highest BCUT2D eigenvalue weighted by molar-refractivity contribution is 6.08. The highest BCUT2D eigenvalue weighted by Crippen LogP contribution is 2.21. The standard InChI is InChI=1S/C14H15N3O3/c1-16(13(18)12-8-9-15-17(12)2)11-7-5-4-6-10(11)14(19)20-3/h4-9H,1-3H3. The second-order valence-corrected chi connectivity index (χ2v) is 4.21. The van der Waals surface area contributed by atoms with Crippen molar-refractivity contribution in [2.75, 3.05) is 19.1 Å². The van der Waals surface area contributed by atoms with Crippen molar-refractivity contribution in [1.82, 2.24) is 9.78 Å². The van der Waals surface area contributed by atoms with Crippen molar-refractivity contribution in [3.63, 3.8) is 0 Å². The molecule has 6 nitrogen and oxygen atoms in total. The van der Waals surface area contributed by atoms with E-state index in [1.807, 2.05) is 0 Å². The minimum atomic E-state index is -0.481. The van der Waals surface area contributed by atoms with Gasteiger partial charge in [-0.1, -0.05) is 12.1 Å². The number of nitrogens with zero attached hydrogens (tertiary/aromatic N) is 3. The van der Waals surface area contributed by atoms with E-state index in [0.717, 1.165) is 0 Å². The van der Waals surface area contributed by atoms with Gasteiger partial charge in [0.25, 0.3) is 5.91 Å². The summed E-state index contributed by atoms with van der Waals surface area (Å²) in [5.41, 5.74) is 1.27. The Kier molecular flexibility index (Phi) is 3.84. The molecule has 1 aromatic heterocycles. The number of esters is 1. The van der Waals surface area contributed by atoms with Crippen molar-refractivity contribution in [1.29, 1.82) is 0 Å². The molecule has 1 amide bonds. The SMILES string of the molecule is COC(=O)c1ccccc1N(C)C(=O)c1ccnn1C. The van der Waals surface area contributed by atoms with Gasteiger partial charge < -0.3 is 9.64 Å². The van der Waals surface area contributed by atoms with E-state index in [2.05, 4.69) is 5.10 Å². The molecule has 0 saturated carbocycles. The van der Waals surface area contributed by atoms with E-state index in [0.29, 0.717) is 16.9 Å². The maximum absolute atomic E-state index is 12.4. The summed E-state index contributed by atoms with van der Waals surface area (Å²) in [6.07, 6.45) is 1.55. The fraction of sp³-hybridized carbons (Fsp3) is 0.214. The maximum atomic E-state index is 12.4. The smallest absolute Gasteiger partial charge is 0.339 e. The van der Waals surface area contributed by atoms with E-state index in [-0.39, 0.29) is 5.91 Å².